The van der Waals surface area contributed by atoms with E-state index in [2.05, 4.69) is 5.32 Å². The van der Waals surface area contributed by atoms with E-state index in [-0.39, 0.29) is 10.6 Å². The molecule has 138 valence electrons. The lowest BCUT2D eigenvalue weighted by molar-refractivity contribution is -0.313. The van der Waals surface area contributed by atoms with E-state index in [4.69, 9.17) is 4.74 Å². The minimum absolute atomic E-state index is 0.149. The summed E-state index contributed by atoms with van der Waals surface area (Å²) in [5.41, 5.74) is 0.278. The fourth-order valence-corrected chi connectivity index (χ4v) is 4.08. The second-order valence-electron chi connectivity index (χ2n) is 6.00. The minimum atomic E-state index is -3.97. The van der Waals surface area contributed by atoms with Gasteiger partial charge in [-0.2, -0.15) is 0 Å². The number of hydrogen-bond donors (Lipinski definition) is 2. The summed E-state index contributed by atoms with van der Waals surface area (Å²) >= 11 is 0. The highest BCUT2D eigenvalue weighted by Gasteiger charge is 2.50. The third-order valence-corrected chi connectivity index (χ3v) is 5.63. The smallest absolute Gasteiger partial charge is 0.264 e. The molecule has 0 aromatic heterocycles. The quantitative estimate of drug-likeness (QED) is 0.610. The van der Waals surface area contributed by atoms with Gasteiger partial charge in [-0.15, -0.1) is 0 Å². The van der Waals surface area contributed by atoms with Gasteiger partial charge in [0.1, 0.15) is 0 Å². The van der Waals surface area contributed by atoms with Gasteiger partial charge in [-0.05, 0) is 24.3 Å². The predicted molar refractivity (Wildman–Crippen MR) is 85.9 cm³/mol. The molecule has 2 bridgehead atoms. The van der Waals surface area contributed by atoms with Crippen molar-refractivity contribution in [2.75, 3.05) is 5.32 Å². The van der Waals surface area contributed by atoms with Gasteiger partial charge in [-0.25, -0.2) is 13.1 Å². The number of aliphatic carboxylic acids is 1. The van der Waals surface area contributed by atoms with E-state index in [1.807, 2.05) is 4.72 Å². The summed E-state index contributed by atoms with van der Waals surface area (Å²) in [5.74, 6) is -4.66. The van der Waals surface area contributed by atoms with Crippen molar-refractivity contribution in [3.05, 3.63) is 36.4 Å². The lowest BCUT2D eigenvalue weighted by Crippen LogP contribution is -2.45. The van der Waals surface area contributed by atoms with Gasteiger partial charge in [0.05, 0.1) is 23.0 Å². The van der Waals surface area contributed by atoms with Crippen molar-refractivity contribution in [1.29, 1.82) is 0 Å². The molecule has 3 rings (SSSR count). The van der Waals surface area contributed by atoms with E-state index in [1.54, 1.807) is 12.2 Å². The third-order valence-electron chi connectivity index (χ3n) is 4.18. The van der Waals surface area contributed by atoms with E-state index in [0.717, 1.165) is 6.92 Å². The number of carbonyl (C=O) groups excluding carboxylic acids is 3. The Morgan fingerprint density at radius 2 is 1.62 bits per heavy atom. The van der Waals surface area contributed by atoms with Crippen LogP contribution in [0.1, 0.15) is 6.92 Å². The molecule has 9 nitrogen and oxygen atoms in total. The van der Waals surface area contributed by atoms with Crippen LogP contribution >= 0.6 is 0 Å². The first kappa shape index (κ1) is 18.1. The highest BCUT2D eigenvalue weighted by Crippen LogP contribution is 2.39. The fraction of sp³-hybridized carbons (Fsp3) is 0.312. The van der Waals surface area contributed by atoms with Gasteiger partial charge in [0.15, 0.2) is 0 Å². The molecule has 2 aliphatic rings. The molecular formula is C16H15N2O7S-. The molecule has 2 amide bonds. The summed E-state index contributed by atoms with van der Waals surface area (Å²) in [6.07, 6.45) is 1.90. The van der Waals surface area contributed by atoms with Crippen LogP contribution in [0.5, 0.6) is 0 Å². The number of sulfonamides is 1. The topological polar surface area (TPSA) is 142 Å². The molecule has 1 aromatic rings. The molecule has 0 radical (unpaired) electrons. The van der Waals surface area contributed by atoms with Gasteiger partial charge >= 0.3 is 0 Å². The minimum Gasteiger partial charge on any atom is -0.550 e. The van der Waals surface area contributed by atoms with Crippen molar-refractivity contribution >= 4 is 33.5 Å². The first-order valence-corrected chi connectivity index (χ1v) is 9.16. The van der Waals surface area contributed by atoms with Crippen LogP contribution in [0.15, 0.2) is 41.3 Å². The number of nitrogens with one attached hydrogen (secondary N) is 2. The van der Waals surface area contributed by atoms with Crippen molar-refractivity contribution < 1.29 is 32.6 Å². The van der Waals surface area contributed by atoms with Crippen molar-refractivity contribution in [2.24, 2.45) is 11.8 Å². The zero-order chi connectivity index (χ0) is 19.1. The molecule has 4 atom stereocenters. The van der Waals surface area contributed by atoms with E-state index < -0.39 is 51.9 Å². The third kappa shape index (κ3) is 3.33. The fourth-order valence-electron chi connectivity index (χ4n) is 3.09. The molecule has 0 spiro atoms. The summed E-state index contributed by atoms with van der Waals surface area (Å²) in [5, 5.41) is 13.8. The van der Waals surface area contributed by atoms with E-state index in [9.17, 15) is 27.9 Å². The number of amides is 2. The number of fused-ring (bicyclic) bond motifs is 2. The van der Waals surface area contributed by atoms with E-state index >= 15 is 0 Å². The first-order valence-electron chi connectivity index (χ1n) is 7.68. The largest absolute Gasteiger partial charge is 0.550 e. The number of benzene rings is 1. The van der Waals surface area contributed by atoms with Crippen molar-refractivity contribution in [1.82, 2.24) is 4.72 Å². The standard InChI is InChI=1S/C16H16N2O7S/c1-8(19)18-26(23,24)10-4-2-9(3-5-10)17-15(20)13-11-6-7-12(25-11)14(13)16(21)22/h2-7,11-14H,1H3,(H,17,20)(H,18,19)(H,21,22)/p-1/t11-,12+,13-,14-/m0/s1. The molecule has 1 saturated heterocycles. The van der Waals surface area contributed by atoms with Gasteiger partial charge in [-0.3, -0.25) is 9.59 Å². The maximum atomic E-state index is 12.5. The van der Waals surface area contributed by atoms with Gasteiger partial charge in [-0.1, -0.05) is 12.2 Å². The Kier molecular flexibility index (Phi) is 4.55. The highest BCUT2D eigenvalue weighted by molar-refractivity contribution is 7.90. The molecule has 0 saturated carbocycles. The van der Waals surface area contributed by atoms with E-state index in [0.29, 0.717) is 0 Å². The van der Waals surface area contributed by atoms with Gasteiger partial charge in [0.25, 0.3) is 10.0 Å². The second-order valence-corrected chi connectivity index (χ2v) is 7.68. The lowest BCUT2D eigenvalue weighted by atomic mass is 9.82. The van der Waals surface area contributed by atoms with Crippen LogP contribution in [0.4, 0.5) is 5.69 Å². The first-order chi connectivity index (χ1) is 12.2. The van der Waals surface area contributed by atoms with Crippen LogP contribution in [0.3, 0.4) is 0 Å². The van der Waals surface area contributed by atoms with Gasteiger partial charge in [0, 0.05) is 24.5 Å². The maximum Gasteiger partial charge on any atom is 0.264 e. The zero-order valence-electron chi connectivity index (χ0n) is 13.5. The molecule has 26 heavy (non-hydrogen) atoms. The SMILES string of the molecule is CC(=O)NS(=O)(=O)c1ccc(NC(=O)[C@@H]2[C@@H](C(=O)[O-])[C@H]3C=C[C@@H]2O3)cc1. The summed E-state index contributed by atoms with van der Waals surface area (Å²) in [6, 6.07) is 5.11. The summed E-state index contributed by atoms with van der Waals surface area (Å²) in [7, 11) is -3.97. The van der Waals surface area contributed by atoms with Crippen LogP contribution in [0.25, 0.3) is 0 Å². The molecule has 1 fully saturated rings. The monoisotopic (exact) mass is 379 g/mol. The summed E-state index contributed by atoms with van der Waals surface area (Å²) in [6.45, 7) is 1.08. The molecule has 10 heteroatoms. The molecular weight excluding hydrogens is 364 g/mol. The lowest BCUT2D eigenvalue weighted by Gasteiger charge is -2.25. The van der Waals surface area contributed by atoms with Crippen molar-refractivity contribution in [3.8, 4) is 0 Å². The molecule has 1 aromatic carbocycles. The Morgan fingerprint density at radius 1 is 1.04 bits per heavy atom. The van der Waals surface area contributed by atoms with Crippen LogP contribution in [0, 0.1) is 11.8 Å². The Morgan fingerprint density at radius 3 is 2.15 bits per heavy atom. The Labute approximate surface area is 149 Å². The molecule has 0 aliphatic carbocycles. The summed E-state index contributed by atoms with van der Waals surface area (Å²) in [4.78, 5) is 34.5. The molecule has 0 unspecified atom stereocenters. The van der Waals surface area contributed by atoms with Crippen LogP contribution in [-0.4, -0.2) is 38.4 Å². The van der Waals surface area contributed by atoms with Gasteiger partial charge in [0.2, 0.25) is 11.8 Å². The molecule has 2 heterocycles. The van der Waals surface area contributed by atoms with Gasteiger partial charge < -0.3 is 20.0 Å². The van der Waals surface area contributed by atoms with Crippen LogP contribution in [0.2, 0.25) is 0 Å². The van der Waals surface area contributed by atoms with Crippen molar-refractivity contribution in [3.63, 3.8) is 0 Å². The van der Waals surface area contributed by atoms with Crippen LogP contribution in [-0.2, 0) is 29.1 Å². The van der Waals surface area contributed by atoms with Crippen LogP contribution < -0.4 is 15.1 Å². The number of carboxylic acid groups (broad SMARTS) is 1. The average Bonchev–Trinajstić information content (AvgIpc) is 3.15. The van der Waals surface area contributed by atoms with Crippen molar-refractivity contribution in [2.45, 2.75) is 24.0 Å². The average molecular weight is 379 g/mol. The highest BCUT2D eigenvalue weighted by atomic mass is 32.2. The Bertz CT molecular complexity index is 892. The second kappa shape index (κ2) is 6.54. The predicted octanol–water partition coefficient (Wildman–Crippen LogP) is -1.23. The normalized spacial score (nSPS) is 26.5. The van der Waals surface area contributed by atoms with E-state index in [1.165, 1.54) is 24.3 Å². The number of rotatable bonds is 5. The number of ether oxygens (including phenoxy) is 1. The molecule has 2 aliphatic heterocycles. The molecule has 2 N–H and O–H groups in total. The maximum absolute atomic E-state index is 12.5. The number of carboxylic acids is 1. The Balaban J connectivity index is 1.73. The summed E-state index contributed by atoms with van der Waals surface area (Å²) < 4.78 is 31.0. The Hall–Kier alpha value is -2.72. The zero-order valence-corrected chi connectivity index (χ0v) is 14.4. The number of hydrogen-bond acceptors (Lipinski definition) is 7. The number of anilines is 1. The number of carbonyl (C=O) groups is 3.